The first-order valence-corrected chi connectivity index (χ1v) is 12.5. The molecule has 2 aromatic rings. The van der Waals surface area contributed by atoms with E-state index in [0.29, 0.717) is 24.9 Å². The van der Waals surface area contributed by atoms with Crippen LogP contribution in [0.5, 0.6) is 0 Å². The van der Waals surface area contributed by atoms with Crippen LogP contribution in [0.2, 0.25) is 0 Å². The highest BCUT2D eigenvalue weighted by atomic mass is 32.2. The predicted octanol–water partition coefficient (Wildman–Crippen LogP) is 3.26. The maximum Gasteiger partial charge on any atom is 0.317 e. The lowest BCUT2D eigenvalue weighted by atomic mass is 9.79. The van der Waals surface area contributed by atoms with Crippen molar-refractivity contribution < 1.29 is 22.7 Å². The van der Waals surface area contributed by atoms with E-state index in [0.717, 1.165) is 18.4 Å². The summed E-state index contributed by atoms with van der Waals surface area (Å²) in [4.78, 5) is 27.8. The smallest absolute Gasteiger partial charge is 0.317 e. The summed E-state index contributed by atoms with van der Waals surface area (Å²) in [6.07, 6.45) is 3.66. The van der Waals surface area contributed by atoms with E-state index in [-0.39, 0.29) is 17.5 Å². The van der Waals surface area contributed by atoms with Gasteiger partial charge in [0.05, 0.1) is 23.0 Å². The van der Waals surface area contributed by atoms with Crippen molar-refractivity contribution in [1.82, 2.24) is 0 Å². The first-order valence-electron chi connectivity index (χ1n) is 10.7. The van der Waals surface area contributed by atoms with E-state index in [9.17, 15) is 18.0 Å². The van der Waals surface area contributed by atoms with Crippen LogP contribution in [0.3, 0.4) is 0 Å². The quantitative estimate of drug-likeness (QED) is 0.643. The van der Waals surface area contributed by atoms with Gasteiger partial charge in [-0.15, -0.1) is 0 Å². The van der Waals surface area contributed by atoms with Crippen LogP contribution in [0, 0.1) is 0 Å². The number of carbonyl (C=O) groups is 2. The van der Waals surface area contributed by atoms with Crippen LogP contribution in [0.15, 0.2) is 60.7 Å². The summed E-state index contributed by atoms with van der Waals surface area (Å²) in [5.74, 6) is -0.791. The van der Waals surface area contributed by atoms with E-state index in [1.165, 1.54) is 4.90 Å². The third kappa shape index (κ3) is 4.51. The number of carbonyl (C=O) groups excluding carboxylic acids is 2. The Balaban J connectivity index is 1.52. The van der Waals surface area contributed by atoms with E-state index >= 15 is 0 Å². The number of sulfone groups is 1. The summed E-state index contributed by atoms with van der Waals surface area (Å²) in [5, 5.41) is 0. The molecule has 0 aromatic heterocycles. The van der Waals surface area contributed by atoms with Gasteiger partial charge in [-0.05, 0) is 37.0 Å². The number of para-hydroxylation sites is 1. The van der Waals surface area contributed by atoms with Crippen molar-refractivity contribution in [2.24, 2.45) is 0 Å². The molecular weight excluding hydrogens is 414 g/mol. The molecule has 6 nitrogen and oxygen atoms in total. The van der Waals surface area contributed by atoms with Gasteiger partial charge in [-0.3, -0.25) is 9.59 Å². The molecule has 0 N–H and O–H groups in total. The zero-order chi connectivity index (χ0) is 21.9. The standard InChI is InChI=1S/C24H27NO5S/c26-22(25(20-11-5-2-6-12-20)21-13-16-31(28,29)18-21)17-30-23(27)24(14-7-8-15-24)19-9-3-1-4-10-19/h1-6,9-12,21H,7-8,13-18H2. The number of ether oxygens (including phenoxy) is 1. The Morgan fingerprint density at radius 2 is 1.58 bits per heavy atom. The summed E-state index contributed by atoms with van der Waals surface area (Å²) < 4.78 is 29.6. The summed E-state index contributed by atoms with van der Waals surface area (Å²) in [6, 6.07) is 18.1. The second-order valence-corrected chi connectivity index (χ2v) is 10.6. The molecule has 2 aromatic carbocycles. The molecule has 1 unspecified atom stereocenters. The van der Waals surface area contributed by atoms with Crippen molar-refractivity contribution in [1.29, 1.82) is 0 Å². The minimum atomic E-state index is -3.17. The maximum absolute atomic E-state index is 13.2. The fraction of sp³-hybridized carbons (Fsp3) is 0.417. The minimum absolute atomic E-state index is 0.0607. The van der Waals surface area contributed by atoms with Crippen LogP contribution in [0.1, 0.15) is 37.7 Å². The molecule has 0 bridgehead atoms. The highest BCUT2D eigenvalue weighted by Gasteiger charge is 2.44. The summed E-state index contributed by atoms with van der Waals surface area (Å²) in [6.45, 7) is -0.404. The highest BCUT2D eigenvalue weighted by molar-refractivity contribution is 7.91. The minimum Gasteiger partial charge on any atom is -0.455 e. The largest absolute Gasteiger partial charge is 0.455 e. The average Bonchev–Trinajstić information content (AvgIpc) is 3.41. The van der Waals surface area contributed by atoms with Crippen molar-refractivity contribution in [2.45, 2.75) is 43.6 Å². The number of hydrogen-bond acceptors (Lipinski definition) is 5. The monoisotopic (exact) mass is 441 g/mol. The molecule has 0 spiro atoms. The average molecular weight is 442 g/mol. The SMILES string of the molecule is O=C(COC(=O)C1(c2ccccc2)CCCC1)N(c1ccccc1)C1CCS(=O)(=O)C1. The topological polar surface area (TPSA) is 80.8 Å². The molecule has 4 rings (SSSR count). The third-order valence-electron chi connectivity index (χ3n) is 6.38. The number of benzene rings is 2. The molecule has 1 amide bonds. The Bertz CT molecular complexity index is 1030. The lowest BCUT2D eigenvalue weighted by molar-refractivity contribution is -0.154. The van der Waals surface area contributed by atoms with Gasteiger partial charge in [-0.1, -0.05) is 61.4 Å². The van der Waals surface area contributed by atoms with Crippen LogP contribution >= 0.6 is 0 Å². The summed E-state index contributed by atoms with van der Waals surface area (Å²) in [7, 11) is -3.17. The van der Waals surface area contributed by atoms with Gasteiger partial charge in [-0.25, -0.2) is 8.42 Å². The molecule has 1 aliphatic heterocycles. The molecule has 7 heteroatoms. The number of hydrogen-bond donors (Lipinski definition) is 0. The van der Waals surface area contributed by atoms with Crippen LogP contribution in [-0.2, 0) is 29.6 Å². The second kappa shape index (κ2) is 8.83. The van der Waals surface area contributed by atoms with E-state index < -0.39 is 33.8 Å². The van der Waals surface area contributed by atoms with Gasteiger partial charge in [0, 0.05) is 5.69 Å². The van der Waals surface area contributed by atoms with Gasteiger partial charge >= 0.3 is 5.97 Å². The van der Waals surface area contributed by atoms with Gasteiger partial charge in [0.15, 0.2) is 16.4 Å². The van der Waals surface area contributed by atoms with Crippen molar-refractivity contribution in [3.63, 3.8) is 0 Å². The van der Waals surface area contributed by atoms with Gasteiger partial charge < -0.3 is 9.64 Å². The third-order valence-corrected chi connectivity index (χ3v) is 8.13. The molecule has 31 heavy (non-hydrogen) atoms. The lowest BCUT2D eigenvalue weighted by Gasteiger charge is -2.30. The van der Waals surface area contributed by atoms with Crippen molar-refractivity contribution >= 4 is 27.4 Å². The molecule has 2 fully saturated rings. The Morgan fingerprint density at radius 3 is 2.16 bits per heavy atom. The second-order valence-electron chi connectivity index (χ2n) is 8.39. The normalized spacial score (nSPS) is 21.5. The van der Waals surface area contributed by atoms with Gasteiger partial charge in [-0.2, -0.15) is 0 Å². The van der Waals surface area contributed by atoms with Crippen LogP contribution in [0.25, 0.3) is 0 Å². The molecule has 1 saturated heterocycles. The van der Waals surface area contributed by atoms with Crippen LogP contribution in [0.4, 0.5) is 5.69 Å². The Morgan fingerprint density at radius 1 is 0.968 bits per heavy atom. The Labute approximate surface area is 183 Å². The highest BCUT2D eigenvalue weighted by Crippen LogP contribution is 2.42. The lowest BCUT2D eigenvalue weighted by Crippen LogP contribution is -2.45. The molecule has 1 atom stereocenters. The number of amides is 1. The number of nitrogens with zero attached hydrogens (tertiary/aromatic N) is 1. The van der Waals surface area contributed by atoms with E-state index in [4.69, 9.17) is 4.74 Å². The zero-order valence-electron chi connectivity index (χ0n) is 17.4. The predicted molar refractivity (Wildman–Crippen MR) is 119 cm³/mol. The molecule has 2 aliphatic rings. The Kier molecular flexibility index (Phi) is 6.14. The maximum atomic E-state index is 13.2. The summed E-state index contributed by atoms with van der Waals surface area (Å²) >= 11 is 0. The number of anilines is 1. The number of esters is 1. The van der Waals surface area contributed by atoms with Crippen LogP contribution in [-0.4, -0.2) is 44.4 Å². The molecule has 164 valence electrons. The molecule has 1 heterocycles. The number of rotatable bonds is 6. The molecule has 1 saturated carbocycles. The van der Waals surface area contributed by atoms with E-state index in [1.807, 2.05) is 36.4 Å². The first kappa shape index (κ1) is 21.6. The fourth-order valence-corrected chi connectivity index (χ4v) is 6.51. The Hall–Kier alpha value is -2.67. The molecule has 0 radical (unpaired) electrons. The fourth-order valence-electron chi connectivity index (χ4n) is 4.81. The van der Waals surface area contributed by atoms with E-state index in [2.05, 4.69) is 0 Å². The summed E-state index contributed by atoms with van der Waals surface area (Å²) in [5.41, 5.74) is 0.826. The first-order chi connectivity index (χ1) is 14.9. The van der Waals surface area contributed by atoms with Crippen molar-refractivity contribution in [2.75, 3.05) is 23.0 Å². The van der Waals surface area contributed by atoms with Gasteiger partial charge in [0.25, 0.3) is 5.91 Å². The van der Waals surface area contributed by atoms with Gasteiger partial charge in [0.2, 0.25) is 0 Å². The molecule has 1 aliphatic carbocycles. The van der Waals surface area contributed by atoms with Gasteiger partial charge in [0.1, 0.15) is 0 Å². The van der Waals surface area contributed by atoms with Crippen LogP contribution < -0.4 is 4.90 Å². The zero-order valence-corrected chi connectivity index (χ0v) is 18.2. The van der Waals surface area contributed by atoms with Crippen molar-refractivity contribution in [3.8, 4) is 0 Å². The molecular formula is C24H27NO5S. The van der Waals surface area contributed by atoms with Crippen molar-refractivity contribution in [3.05, 3.63) is 66.2 Å². The van der Waals surface area contributed by atoms with E-state index in [1.54, 1.807) is 24.3 Å².